The average Bonchev–Trinajstić information content (AvgIpc) is 3.15. The van der Waals surface area contributed by atoms with Crippen LogP contribution >= 0.6 is 0 Å². The number of carbonyl (C=O) groups is 1. The van der Waals surface area contributed by atoms with Gasteiger partial charge in [0.15, 0.2) is 0 Å². The molecule has 3 aromatic carbocycles. The molecule has 0 unspecified atom stereocenters. The predicted octanol–water partition coefficient (Wildman–Crippen LogP) is 6.45. The Hall–Kier alpha value is -3.62. The molecule has 2 aliphatic rings. The van der Waals surface area contributed by atoms with E-state index in [-0.39, 0.29) is 5.91 Å². The monoisotopic (exact) mass is 522 g/mol. The molecule has 0 bridgehead atoms. The standard InChI is InChI=1S/C30H29F3N2O3/c31-30(32,33)25-6-3-21(4-7-25)22-5-10-28-24(17-22)18-23(11-16-38-28)29(36)35-27-8-1-20(2-9-27)19-34-26-12-14-37-15-13-26/h1-10,17-18,26,34H,11-16,19H2,(H,35,36). The van der Waals surface area contributed by atoms with Gasteiger partial charge in [0.25, 0.3) is 5.91 Å². The van der Waals surface area contributed by atoms with Crippen LogP contribution in [-0.2, 0) is 22.3 Å². The Balaban J connectivity index is 1.26. The zero-order chi connectivity index (χ0) is 26.5. The maximum Gasteiger partial charge on any atom is 0.416 e. The van der Waals surface area contributed by atoms with Crippen molar-refractivity contribution in [2.45, 2.75) is 38.0 Å². The molecular weight excluding hydrogens is 493 g/mol. The Kier molecular flexibility index (Phi) is 7.81. The molecule has 5 rings (SSSR count). The summed E-state index contributed by atoms with van der Waals surface area (Å²) in [5.74, 6) is 0.416. The van der Waals surface area contributed by atoms with Crippen LogP contribution < -0.4 is 15.4 Å². The number of anilines is 1. The number of alkyl halides is 3. The summed E-state index contributed by atoms with van der Waals surface area (Å²) in [5, 5.41) is 6.51. The number of amides is 1. The van der Waals surface area contributed by atoms with Gasteiger partial charge in [0.1, 0.15) is 5.75 Å². The van der Waals surface area contributed by atoms with Crippen LogP contribution in [0.25, 0.3) is 17.2 Å². The lowest BCUT2D eigenvalue weighted by Gasteiger charge is -2.23. The van der Waals surface area contributed by atoms with Gasteiger partial charge in [0, 0.05) is 49.0 Å². The van der Waals surface area contributed by atoms with Crippen molar-refractivity contribution >= 4 is 17.7 Å². The van der Waals surface area contributed by atoms with E-state index in [0.29, 0.717) is 47.2 Å². The number of hydrogen-bond acceptors (Lipinski definition) is 4. The summed E-state index contributed by atoms with van der Waals surface area (Å²) in [6, 6.07) is 18.7. The molecule has 198 valence electrons. The second-order valence-electron chi connectivity index (χ2n) is 9.51. The fraction of sp³-hybridized carbons (Fsp3) is 0.300. The van der Waals surface area contributed by atoms with Gasteiger partial charge in [0.05, 0.1) is 12.2 Å². The third-order valence-electron chi connectivity index (χ3n) is 6.83. The van der Waals surface area contributed by atoms with Gasteiger partial charge >= 0.3 is 6.18 Å². The molecule has 1 amide bonds. The number of rotatable bonds is 6. The van der Waals surface area contributed by atoms with Crippen LogP contribution in [0.1, 0.15) is 36.0 Å². The van der Waals surface area contributed by atoms with E-state index in [9.17, 15) is 18.0 Å². The van der Waals surface area contributed by atoms with Crippen molar-refractivity contribution in [1.29, 1.82) is 0 Å². The molecule has 1 fully saturated rings. The number of fused-ring (bicyclic) bond motifs is 1. The maximum absolute atomic E-state index is 13.1. The highest BCUT2D eigenvalue weighted by Gasteiger charge is 2.30. The maximum atomic E-state index is 13.1. The summed E-state index contributed by atoms with van der Waals surface area (Å²) < 4.78 is 50.0. The largest absolute Gasteiger partial charge is 0.493 e. The quantitative estimate of drug-likeness (QED) is 0.391. The van der Waals surface area contributed by atoms with E-state index in [2.05, 4.69) is 10.6 Å². The van der Waals surface area contributed by atoms with Crippen LogP contribution in [0.5, 0.6) is 5.75 Å². The van der Waals surface area contributed by atoms with Crippen molar-refractivity contribution in [3.8, 4) is 16.9 Å². The first kappa shape index (κ1) is 26.0. The SMILES string of the molecule is O=C(Nc1ccc(CNC2CCOCC2)cc1)C1=Cc2cc(-c3ccc(C(F)(F)F)cc3)ccc2OCC1. The fourth-order valence-electron chi connectivity index (χ4n) is 4.62. The van der Waals surface area contributed by atoms with Crippen LogP contribution in [0.2, 0.25) is 0 Å². The average molecular weight is 523 g/mol. The number of nitrogens with one attached hydrogen (secondary N) is 2. The molecule has 1 saturated heterocycles. The van der Waals surface area contributed by atoms with Crippen molar-refractivity contribution in [2.75, 3.05) is 25.1 Å². The zero-order valence-electron chi connectivity index (χ0n) is 20.8. The summed E-state index contributed by atoms with van der Waals surface area (Å²) in [4.78, 5) is 13.1. The van der Waals surface area contributed by atoms with E-state index < -0.39 is 11.7 Å². The second kappa shape index (κ2) is 11.4. The number of ether oxygens (including phenoxy) is 2. The lowest BCUT2D eigenvalue weighted by molar-refractivity contribution is -0.137. The van der Waals surface area contributed by atoms with Crippen LogP contribution in [0.3, 0.4) is 0 Å². The molecule has 0 radical (unpaired) electrons. The van der Waals surface area contributed by atoms with Gasteiger partial charge in [-0.25, -0.2) is 0 Å². The van der Waals surface area contributed by atoms with Gasteiger partial charge in [-0.3, -0.25) is 4.79 Å². The van der Waals surface area contributed by atoms with E-state index in [0.717, 1.165) is 55.9 Å². The highest BCUT2D eigenvalue weighted by atomic mass is 19.4. The molecular formula is C30H29F3N2O3. The third-order valence-corrected chi connectivity index (χ3v) is 6.83. The number of hydrogen-bond donors (Lipinski definition) is 2. The highest BCUT2D eigenvalue weighted by molar-refractivity contribution is 6.07. The number of benzene rings is 3. The smallest absolute Gasteiger partial charge is 0.416 e. The van der Waals surface area contributed by atoms with E-state index in [1.165, 1.54) is 12.1 Å². The van der Waals surface area contributed by atoms with E-state index in [1.54, 1.807) is 18.2 Å². The van der Waals surface area contributed by atoms with Crippen LogP contribution in [0, 0.1) is 0 Å². The number of carbonyl (C=O) groups excluding carboxylic acids is 1. The second-order valence-corrected chi connectivity index (χ2v) is 9.51. The molecule has 3 aromatic rings. The van der Waals surface area contributed by atoms with E-state index in [1.807, 2.05) is 30.3 Å². The normalized spacial score (nSPS) is 16.1. The molecule has 0 atom stereocenters. The first-order valence-corrected chi connectivity index (χ1v) is 12.7. The lowest BCUT2D eigenvalue weighted by atomic mass is 9.99. The highest BCUT2D eigenvalue weighted by Crippen LogP contribution is 2.34. The number of halogens is 3. The molecule has 38 heavy (non-hydrogen) atoms. The third kappa shape index (κ3) is 6.44. The van der Waals surface area contributed by atoms with E-state index >= 15 is 0 Å². The molecule has 0 saturated carbocycles. The first-order valence-electron chi connectivity index (χ1n) is 12.7. The summed E-state index contributed by atoms with van der Waals surface area (Å²) in [7, 11) is 0. The lowest BCUT2D eigenvalue weighted by Crippen LogP contribution is -2.34. The molecule has 2 heterocycles. The van der Waals surface area contributed by atoms with Crippen LogP contribution in [0.15, 0.2) is 72.3 Å². The molecule has 5 nitrogen and oxygen atoms in total. The van der Waals surface area contributed by atoms with Crippen LogP contribution in [0.4, 0.5) is 18.9 Å². The molecule has 0 aliphatic carbocycles. The van der Waals surface area contributed by atoms with Gasteiger partial charge in [0.2, 0.25) is 0 Å². The summed E-state index contributed by atoms with van der Waals surface area (Å²) >= 11 is 0. The predicted molar refractivity (Wildman–Crippen MR) is 141 cm³/mol. The van der Waals surface area contributed by atoms with Gasteiger partial charge < -0.3 is 20.1 Å². The summed E-state index contributed by atoms with van der Waals surface area (Å²) in [6.45, 7) is 2.71. The van der Waals surface area contributed by atoms with Gasteiger partial charge in [-0.05, 0) is 72.0 Å². The van der Waals surface area contributed by atoms with Gasteiger partial charge in [-0.15, -0.1) is 0 Å². The minimum Gasteiger partial charge on any atom is -0.493 e. The van der Waals surface area contributed by atoms with Crippen molar-refractivity contribution in [3.63, 3.8) is 0 Å². The summed E-state index contributed by atoms with van der Waals surface area (Å²) in [5.41, 5.74) is 3.82. The topological polar surface area (TPSA) is 59.6 Å². The van der Waals surface area contributed by atoms with Gasteiger partial charge in [-0.2, -0.15) is 13.2 Å². The Morgan fingerprint density at radius 2 is 1.61 bits per heavy atom. The minimum atomic E-state index is -4.38. The van der Waals surface area contributed by atoms with Gasteiger partial charge in [-0.1, -0.05) is 30.3 Å². The van der Waals surface area contributed by atoms with Crippen LogP contribution in [-0.4, -0.2) is 31.8 Å². The molecule has 2 N–H and O–H groups in total. The Morgan fingerprint density at radius 1 is 0.895 bits per heavy atom. The molecule has 0 aromatic heterocycles. The zero-order valence-corrected chi connectivity index (χ0v) is 20.8. The van der Waals surface area contributed by atoms with Crippen molar-refractivity contribution in [3.05, 3.63) is 89.0 Å². The first-order chi connectivity index (χ1) is 18.3. The minimum absolute atomic E-state index is 0.213. The molecule has 8 heteroatoms. The molecule has 2 aliphatic heterocycles. The Bertz CT molecular complexity index is 1300. The van der Waals surface area contributed by atoms with E-state index in [4.69, 9.17) is 9.47 Å². The Labute approximate surface area is 219 Å². The van der Waals surface area contributed by atoms with Crippen molar-refractivity contribution < 1.29 is 27.4 Å². The fourth-order valence-corrected chi connectivity index (χ4v) is 4.62. The van der Waals surface area contributed by atoms with Crippen molar-refractivity contribution in [2.24, 2.45) is 0 Å². The Morgan fingerprint density at radius 3 is 2.32 bits per heavy atom. The summed E-state index contributed by atoms with van der Waals surface area (Å²) in [6.07, 6.45) is -0.127. The van der Waals surface area contributed by atoms with Crippen molar-refractivity contribution in [1.82, 2.24) is 5.32 Å². The molecule has 0 spiro atoms.